The molecule has 2 saturated heterocycles. The van der Waals surface area contributed by atoms with Crippen molar-refractivity contribution in [2.45, 2.75) is 39.3 Å². The summed E-state index contributed by atoms with van der Waals surface area (Å²) in [6.07, 6.45) is 3.46. The van der Waals surface area contributed by atoms with Gasteiger partial charge in [-0.3, -0.25) is 14.8 Å². The van der Waals surface area contributed by atoms with Gasteiger partial charge in [0.1, 0.15) is 5.75 Å². The molecule has 5 nitrogen and oxygen atoms in total. The van der Waals surface area contributed by atoms with Gasteiger partial charge >= 0.3 is 0 Å². The van der Waals surface area contributed by atoms with Crippen molar-refractivity contribution in [3.05, 3.63) is 59.4 Å². The van der Waals surface area contributed by atoms with Crippen LogP contribution in [0.25, 0.3) is 0 Å². The molecule has 2 aromatic rings. The van der Waals surface area contributed by atoms with Gasteiger partial charge in [0.15, 0.2) is 0 Å². The second-order valence-electron chi connectivity index (χ2n) is 8.94. The molecule has 1 atom stereocenters. The third-order valence-corrected chi connectivity index (χ3v) is 6.99. The first kappa shape index (κ1) is 20.3. The van der Waals surface area contributed by atoms with Crippen molar-refractivity contribution in [2.75, 3.05) is 32.8 Å². The maximum Gasteiger partial charge on any atom is 0.115 e. The number of aliphatic hydroxyl groups excluding tert-OH is 1. The van der Waals surface area contributed by atoms with Crippen LogP contribution in [-0.4, -0.2) is 57.8 Å². The van der Waals surface area contributed by atoms with Crippen LogP contribution in [0.2, 0.25) is 0 Å². The summed E-state index contributed by atoms with van der Waals surface area (Å²) in [6, 6.07) is 13.8. The van der Waals surface area contributed by atoms with Crippen LogP contribution in [0.4, 0.5) is 0 Å². The zero-order valence-electron chi connectivity index (χ0n) is 17.4. The van der Waals surface area contributed by atoms with E-state index in [2.05, 4.69) is 33.0 Å². The molecule has 29 heavy (non-hydrogen) atoms. The third-order valence-electron chi connectivity index (χ3n) is 6.99. The minimum atomic E-state index is 0.260. The van der Waals surface area contributed by atoms with E-state index in [4.69, 9.17) is 0 Å². The first-order chi connectivity index (χ1) is 14.1. The Morgan fingerprint density at radius 2 is 1.72 bits per heavy atom. The lowest BCUT2D eigenvalue weighted by atomic mass is 9.64. The number of rotatable bonds is 5. The van der Waals surface area contributed by atoms with E-state index in [-0.39, 0.29) is 12.0 Å². The van der Waals surface area contributed by atoms with E-state index < -0.39 is 0 Å². The molecule has 156 valence electrons. The Morgan fingerprint density at radius 3 is 2.41 bits per heavy atom. The topological polar surface area (TPSA) is 59.8 Å². The number of aryl methyl sites for hydroxylation is 1. The molecular formula is C24H33N3O2. The number of piperidine rings is 2. The lowest BCUT2D eigenvalue weighted by Crippen LogP contribution is -2.53. The number of pyridine rings is 1. The van der Waals surface area contributed by atoms with Gasteiger partial charge in [-0.2, -0.15) is 0 Å². The molecule has 5 heteroatoms. The summed E-state index contributed by atoms with van der Waals surface area (Å²) in [4.78, 5) is 9.60. The van der Waals surface area contributed by atoms with Gasteiger partial charge in [-0.25, -0.2) is 0 Å². The van der Waals surface area contributed by atoms with Gasteiger partial charge in [0, 0.05) is 37.9 Å². The molecule has 4 rings (SSSR count). The van der Waals surface area contributed by atoms with Gasteiger partial charge in [-0.05, 0) is 81.1 Å². The second-order valence-corrected chi connectivity index (χ2v) is 8.94. The summed E-state index contributed by atoms with van der Waals surface area (Å²) in [6.45, 7) is 8.23. The Kier molecular flexibility index (Phi) is 6.18. The number of aromatic hydroxyl groups is 1. The molecular weight excluding hydrogens is 362 g/mol. The van der Waals surface area contributed by atoms with Crippen LogP contribution >= 0.6 is 0 Å². The molecule has 0 radical (unpaired) electrons. The number of aliphatic hydroxyl groups is 1. The van der Waals surface area contributed by atoms with Gasteiger partial charge in [-0.15, -0.1) is 0 Å². The van der Waals surface area contributed by atoms with Gasteiger partial charge in [0.25, 0.3) is 0 Å². The molecule has 3 heterocycles. The summed E-state index contributed by atoms with van der Waals surface area (Å²) < 4.78 is 0. The number of likely N-dealkylation sites (tertiary alicyclic amines) is 2. The van der Waals surface area contributed by atoms with Crippen LogP contribution in [0.3, 0.4) is 0 Å². The van der Waals surface area contributed by atoms with Crippen LogP contribution in [0.5, 0.6) is 5.75 Å². The second kappa shape index (κ2) is 8.82. The highest BCUT2D eigenvalue weighted by Crippen LogP contribution is 2.45. The average Bonchev–Trinajstić information content (AvgIpc) is 2.71. The first-order valence-corrected chi connectivity index (χ1v) is 10.8. The Bertz CT molecular complexity index is 809. The number of hydrogen-bond acceptors (Lipinski definition) is 5. The predicted octanol–water partition coefficient (Wildman–Crippen LogP) is 3.19. The lowest BCUT2D eigenvalue weighted by molar-refractivity contribution is -0.0451. The van der Waals surface area contributed by atoms with Crippen molar-refractivity contribution >= 4 is 0 Å². The minimum Gasteiger partial charge on any atom is -0.508 e. The fraction of sp³-hybridized carbons (Fsp3) is 0.542. The summed E-state index contributed by atoms with van der Waals surface area (Å²) in [5.41, 5.74) is 3.63. The Balaban J connectivity index is 1.34. The number of benzene rings is 1. The van der Waals surface area contributed by atoms with E-state index in [0.717, 1.165) is 75.5 Å². The molecule has 2 fully saturated rings. The van der Waals surface area contributed by atoms with Crippen molar-refractivity contribution in [1.82, 2.24) is 14.8 Å². The largest absolute Gasteiger partial charge is 0.508 e. The van der Waals surface area contributed by atoms with E-state index in [1.165, 1.54) is 0 Å². The predicted molar refractivity (Wildman–Crippen MR) is 114 cm³/mol. The molecule has 2 aliphatic rings. The molecule has 0 aliphatic carbocycles. The molecule has 0 saturated carbocycles. The Morgan fingerprint density at radius 1 is 1.00 bits per heavy atom. The van der Waals surface area contributed by atoms with Gasteiger partial charge < -0.3 is 10.2 Å². The lowest BCUT2D eigenvalue weighted by Gasteiger charge is -2.51. The summed E-state index contributed by atoms with van der Waals surface area (Å²) in [7, 11) is 0. The van der Waals surface area contributed by atoms with Crippen LogP contribution < -0.4 is 0 Å². The quantitative estimate of drug-likeness (QED) is 0.814. The zero-order chi connectivity index (χ0) is 20.3. The fourth-order valence-electron chi connectivity index (χ4n) is 5.22. The maximum absolute atomic E-state index is 10.2. The number of phenols is 1. The van der Waals surface area contributed by atoms with Crippen molar-refractivity contribution in [1.29, 1.82) is 0 Å². The monoisotopic (exact) mass is 395 g/mol. The maximum atomic E-state index is 10.2. The average molecular weight is 396 g/mol. The minimum absolute atomic E-state index is 0.260. The molecule has 2 aliphatic heterocycles. The normalized spacial score (nSPS) is 22.8. The highest BCUT2D eigenvalue weighted by atomic mass is 16.3. The Hall–Kier alpha value is -1.95. The van der Waals surface area contributed by atoms with E-state index in [1.807, 2.05) is 25.1 Å². The van der Waals surface area contributed by atoms with Crippen LogP contribution in [0, 0.1) is 18.3 Å². The van der Waals surface area contributed by atoms with E-state index in [1.54, 1.807) is 6.07 Å². The first-order valence-electron chi connectivity index (χ1n) is 10.8. The van der Waals surface area contributed by atoms with Gasteiger partial charge in [0.2, 0.25) is 0 Å². The smallest absolute Gasteiger partial charge is 0.115 e. The molecule has 0 bridgehead atoms. The Labute approximate surface area is 174 Å². The molecule has 1 aromatic carbocycles. The van der Waals surface area contributed by atoms with E-state index in [0.29, 0.717) is 11.7 Å². The van der Waals surface area contributed by atoms with Gasteiger partial charge in [-0.1, -0.05) is 18.2 Å². The summed E-state index contributed by atoms with van der Waals surface area (Å²) in [5, 5.41) is 19.9. The number of hydrogen-bond donors (Lipinski definition) is 2. The zero-order valence-corrected chi connectivity index (χ0v) is 17.4. The van der Waals surface area contributed by atoms with Crippen molar-refractivity contribution in [3.8, 4) is 5.75 Å². The number of nitrogens with zero attached hydrogens (tertiary/aromatic N) is 3. The van der Waals surface area contributed by atoms with Crippen LogP contribution in [-0.2, 0) is 13.1 Å². The van der Waals surface area contributed by atoms with Crippen LogP contribution in [0.1, 0.15) is 36.2 Å². The molecule has 0 unspecified atom stereocenters. The number of phenolic OH excluding ortho intramolecular Hbond substituents is 1. The van der Waals surface area contributed by atoms with Crippen LogP contribution in [0.15, 0.2) is 42.5 Å². The van der Waals surface area contributed by atoms with Crippen molar-refractivity contribution in [2.24, 2.45) is 11.3 Å². The van der Waals surface area contributed by atoms with Crippen molar-refractivity contribution in [3.63, 3.8) is 0 Å². The molecule has 0 amide bonds. The highest BCUT2D eigenvalue weighted by Gasteiger charge is 2.44. The summed E-state index contributed by atoms with van der Waals surface area (Å²) >= 11 is 0. The van der Waals surface area contributed by atoms with Crippen molar-refractivity contribution < 1.29 is 10.2 Å². The molecule has 1 aromatic heterocycles. The fourth-order valence-corrected chi connectivity index (χ4v) is 5.22. The number of aromatic nitrogens is 1. The molecule has 1 spiro atoms. The van der Waals surface area contributed by atoms with Gasteiger partial charge in [0.05, 0.1) is 5.69 Å². The third kappa shape index (κ3) is 4.80. The highest BCUT2D eigenvalue weighted by molar-refractivity contribution is 5.27. The SMILES string of the molecule is Cc1cccc(CN2CCC3(CC2)CCN(Cc2cccc(O)c2)C[C@H]3CO)n1. The molecule has 2 N–H and O–H groups in total. The summed E-state index contributed by atoms with van der Waals surface area (Å²) in [5.74, 6) is 0.651. The van der Waals surface area contributed by atoms with E-state index >= 15 is 0 Å². The standard InChI is InChI=1S/C24H33N3O2/c1-19-4-2-6-22(25-19)17-26-11-8-24(9-12-26)10-13-27(16-21(24)18-28)15-20-5-3-7-23(29)14-20/h2-7,14,21,28-29H,8-13,15-18H2,1H3/t21-/m0/s1. The van der Waals surface area contributed by atoms with E-state index in [9.17, 15) is 10.2 Å².